The van der Waals surface area contributed by atoms with Gasteiger partial charge in [0.25, 0.3) is 5.91 Å². The lowest BCUT2D eigenvalue weighted by molar-refractivity contribution is -0.422. The third kappa shape index (κ3) is 6.81. The second-order valence-corrected chi connectivity index (χ2v) is 16.2. The summed E-state index contributed by atoms with van der Waals surface area (Å²) in [5.41, 5.74) is 7.16. The van der Waals surface area contributed by atoms with Gasteiger partial charge in [-0.1, -0.05) is 48.4 Å². The van der Waals surface area contributed by atoms with Crippen molar-refractivity contribution in [3.8, 4) is 17.2 Å². The molecule has 0 radical (unpaired) electrons. The standard InChI is InChI=1S/C44H48N4O13/c45-34-7-4-13-42(34,26-5-2-1-3-6-26)36-24(12-14-49)19-43(41(57)58)37(36)28-17-31(52)32(60-44(59)40(56)39(55)38(54)33(21-50)61-44)18-29(28)48(43)35(53)11-9-23-8-10-30(51)25(15-23)16-27-20-46-22-47-27/h1-3,5-6,8-11,15,17-20,33-34,36-40,49-52,54-56,59H,4,7,12-14,16,21-22,45H2,(H,57,58)/t33-,34-,36+,37-,38-,39+,40-,42-,43-,44-/m1/s1. The van der Waals surface area contributed by atoms with Crippen LogP contribution in [0, 0.1) is 5.92 Å². The third-order valence-electron chi connectivity index (χ3n) is 12.9. The Morgan fingerprint density at radius 3 is 2.43 bits per heavy atom. The maximum atomic E-state index is 14.9. The molecular weight excluding hydrogens is 792 g/mol. The zero-order chi connectivity index (χ0) is 43.4. The van der Waals surface area contributed by atoms with Crippen LogP contribution in [0.3, 0.4) is 0 Å². The van der Waals surface area contributed by atoms with Gasteiger partial charge in [0.1, 0.15) is 30.7 Å². The minimum absolute atomic E-state index is 0.00275. The van der Waals surface area contributed by atoms with E-state index in [1.165, 1.54) is 30.4 Å². The van der Waals surface area contributed by atoms with Crippen LogP contribution >= 0.6 is 0 Å². The summed E-state index contributed by atoms with van der Waals surface area (Å²) in [5, 5.41) is 97.1. The first-order chi connectivity index (χ1) is 29.2. The highest BCUT2D eigenvalue weighted by Gasteiger charge is 2.69. The summed E-state index contributed by atoms with van der Waals surface area (Å²) in [6, 6.07) is 16.0. The number of hydrogen-bond donors (Lipinski definition) is 10. The molecular formula is C44H48N4O13. The Labute approximate surface area is 349 Å². The fraction of sp³-hybridized carbons (Fsp3) is 0.409. The van der Waals surface area contributed by atoms with Gasteiger partial charge >= 0.3 is 11.9 Å². The highest BCUT2D eigenvalue weighted by atomic mass is 16.8. The van der Waals surface area contributed by atoms with Crippen LogP contribution in [-0.2, 0) is 26.2 Å². The molecule has 3 aromatic carbocycles. The van der Waals surface area contributed by atoms with E-state index in [1.54, 1.807) is 18.3 Å². The van der Waals surface area contributed by atoms with Gasteiger partial charge in [0.2, 0.25) is 0 Å². The first kappa shape index (κ1) is 42.2. The highest BCUT2D eigenvalue weighted by molar-refractivity contribution is 6.32. The van der Waals surface area contributed by atoms with Gasteiger partial charge in [-0.15, -0.1) is 0 Å². The summed E-state index contributed by atoms with van der Waals surface area (Å²) in [4.78, 5) is 38.5. The molecule has 17 heteroatoms. The van der Waals surface area contributed by atoms with Crippen molar-refractivity contribution in [1.29, 1.82) is 0 Å². The van der Waals surface area contributed by atoms with Crippen molar-refractivity contribution >= 4 is 35.6 Å². The Morgan fingerprint density at radius 2 is 1.77 bits per heavy atom. The number of nitrogens with two attached hydrogens (primary N) is 1. The number of anilines is 1. The number of phenols is 2. The van der Waals surface area contributed by atoms with Crippen LogP contribution in [0.4, 0.5) is 5.69 Å². The van der Waals surface area contributed by atoms with Crippen molar-refractivity contribution < 1.29 is 65.0 Å². The van der Waals surface area contributed by atoms with Gasteiger partial charge in [-0.3, -0.25) is 19.7 Å². The van der Waals surface area contributed by atoms with Gasteiger partial charge in [0.15, 0.2) is 23.1 Å². The van der Waals surface area contributed by atoms with Crippen molar-refractivity contribution in [1.82, 2.24) is 0 Å². The van der Waals surface area contributed by atoms with E-state index in [4.69, 9.17) is 15.2 Å². The molecule has 0 aromatic heterocycles. The molecule has 0 bridgehead atoms. The van der Waals surface area contributed by atoms with E-state index in [1.807, 2.05) is 30.3 Å². The molecule has 1 saturated carbocycles. The molecule has 5 aliphatic rings. The predicted molar refractivity (Wildman–Crippen MR) is 219 cm³/mol. The van der Waals surface area contributed by atoms with Gasteiger partial charge in [-0.05, 0) is 66.3 Å². The van der Waals surface area contributed by atoms with Crippen molar-refractivity contribution in [3.05, 3.63) is 101 Å². The number of aliphatic hydroxyl groups excluding tert-OH is 5. The van der Waals surface area contributed by atoms with Crippen LogP contribution in [0.5, 0.6) is 17.2 Å². The Bertz CT molecular complexity index is 2330. The van der Waals surface area contributed by atoms with Crippen LogP contribution in [0.25, 0.3) is 6.08 Å². The van der Waals surface area contributed by atoms with Crippen LogP contribution in [0.2, 0.25) is 0 Å². The summed E-state index contributed by atoms with van der Waals surface area (Å²) in [6.45, 7) is -0.973. The van der Waals surface area contributed by atoms with Crippen LogP contribution < -0.4 is 15.4 Å². The number of aliphatic imine (C=N–C) groups is 2. The molecule has 3 aromatic rings. The van der Waals surface area contributed by atoms with Gasteiger partial charge < -0.3 is 61.2 Å². The largest absolute Gasteiger partial charge is 0.508 e. The minimum Gasteiger partial charge on any atom is -0.508 e. The number of aromatic hydroxyl groups is 2. The lowest BCUT2D eigenvalue weighted by Gasteiger charge is -2.45. The van der Waals surface area contributed by atoms with E-state index in [0.717, 1.165) is 16.5 Å². The number of carboxylic acid groups (broad SMARTS) is 1. The zero-order valence-electron chi connectivity index (χ0n) is 32.9. The minimum atomic E-state index is -3.16. The molecule has 3 aliphatic heterocycles. The quantitative estimate of drug-likeness (QED) is 0.0692. The van der Waals surface area contributed by atoms with Gasteiger partial charge in [0, 0.05) is 60.2 Å². The Kier molecular flexibility index (Phi) is 11.1. The van der Waals surface area contributed by atoms with E-state index in [-0.39, 0.29) is 43.1 Å². The van der Waals surface area contributed by atoms with Crippen molar-refractivity contribution in [2.75, 3.05) is 24.8 Å². The van der Waals surface area contributed by atoms with Crippen molar-refractivity contribution in [3.63, 3.8) is 0 Å². The molecule has 2 fully saturated rings. The number of ether oxygens (including phenoxy) is 2. The number of aliphatic hydroxyl groups is 6. The highest BCUT2D eigenvalue weighted by Crippen LogP contribution is 2.66. The number of benzene rings is 3. The Balaban J connectivity index is 1.29. The molecule has 11 N–H and O–H groups in total. The number of carbonyl (C=O) groups excluding carboxylic acids is 1. The predicted octanol–water partition coefficient (Wildman–Crippen LogP) is 0.977. The van der Waals surface area contributed by atoms with Crippen molar-refractivity contribution in [2.24, 2.45) is 21.6 Å². The smallest absolute Gasteiger partial charge is 0.355 e. The molecule has 0 spiro atoms. The van der Waals surface area contributed by atoms with Crippen LogP contribution in [0.15, 0.2) is 88.4 Å². The normalized spacial score (nSPS) is 32.8. The summed E-state index contributed by atoms with van der Waals surface area (Å²) in [7, 11) is 0. The van der Waals surface area contributed by atoms with E-state index in [2.05, 4.69) is 9.98 Å². The number of phenolic OH excluding ortho intramolecular Hbond substituents is 2. The molecule has 1 saturated heterocycles. The summed E-state index contributed by atoms with van der Waals surface area (Å²) < 4.78 is 10.9. The summed E-state index contributed by atoms with van der Waals surface area (Å²) in [6.07, 6.45) is -0.00567. The Morgan fingerprint density at radius 1 is 1.00 bits per heavy atom. The fourth-order valence-electron chi connectivity index (χ4n) is 10.2. The van der Waals surface area contributed by atoms with Crippen LogP contribution in [0.1, 0.15) is 53.9 Å². The molecule has 10 atom stereocenters. The SMILES string of the molecule is N[C@@H]1CCC[C@]1(c1ccccc1)[C@H]1C(CCO)=C[C@]2(C(=O)O)[C@@H]1c1cc(O)c(O[C@@]3(O)O[C@H](CO)[C@@H](O)[C@H](O)[C@H]3O)cc1N2C(=O)C=Cc1ccc(O)c(CC2=NCN=C2)c1. The summed E-state index contributed by atoms with van der Waals surface area (Å²) in [5.74, 6) is -8.58. The number of amides is 1. The van der Waals surface area contributed by atoms with Crippen molar-refractivity contribution in [2.45, 2.75) is 85.4 Å². The topological polar surface area (TPSA) is 289 Å². The van der Waals surface area contributed by atoms with Crippen LogP contribution in [-0.4, -0.2) is 132 Å². The molecule has 17 nitrogen and oxygen atoms in total. The molecule has 322 valence electrons. The number of carboxylic acids is 1. The monoisotopic (exact) mass is 840 g/mol. The van der Waals surface area contributed by atoms with E-state index >= 15 is 0 Å². The number of fused-ring (bicyclic) bond motifs is 3. The first-order valence-corrected chi connectivity index (χ1v) is 20.1. The molecule has 1 amide bonds. The van der Waals surface area contributed by atoms with E-state index < -0.39 is 89.2 Å². The molecule has 61 heavy (non-hydrogen) atoms. The number of aliphatic carboxylic acids is 1. The average molecular weight is 841 g/mol. The molecule has 2 aliphatic carbocycles. The van der Waals surface area contributed by atoms with Gasteiger partial charge in [0.05, 0.1) is 18.0 Å². The second kappa shape index (κ2) is 16.1. The van der Waals surface area contributed by atoms with Gasteiger partial charge in [-0.25, -0.2) is 4.79 Å². The number of nitrogens with zero attached hydrogens (tertiary/aromatic N) is 3. The molecule has 0 unspecified atom stereocenters. The number of carbonyl (C=O) groups is 2. The van der Waals surface area contributed by atoms with E-state index in [0.29, 0.717) is 41.7 Å². The lowest BCUT2D eigenvalue weighted by atomic mass is 9.59. The molecule has 3 heterocycles. The number of rotatable bonds is 12. The van der Waals surface area contributed by atoms with Gasteiger partial charge in [-0.2, -0.15) is 0 Å². The Hall–Kier alpha value is -5.50. The summed E-state index contributed by atoms with van der Waals surface area (Å²) >= 11 is 0. The average Bonchev–Trinajstić information content (AvgIpc) is 4.03. The molecule has 8 rings (SSSR count). The maximum absolute atomic E-state index is 14.9. The first-order valence-electron chi connectivity index (χ1n) is 20.1. The fourth-order valence-corrected chi connectivity index (χ4v) is 10.2. The third-order valence-corrected chi connectivity index (χ3v) is 12.9. The second-order valence-electron chi connectivity index (χ2n) is 16.2. The van der Waals surface area contributed by atoms with E-state index in [9.17, 15) is 55.5 Å². The number of hydrogen-bond acceptors (Lipinski definition) is 15. The zero-order valence-corrected chi connectivity index (χ0v) is 32.9. The lowest BCUT2D eigenvalue weighted by Crippen LogP contribution is -2.67. The maximum Gasteiger partial charge on any atom is 0.355 e.